The SMILES string of the molecule is O=C(O)C1CCCC1CNc1ncc(Br)cc1[N+](=O)[O-]. The lowest BCUT2D eigenvalue weighted by molar-refractivity contribution is -0.384. The van der Waals surface area contributed by atoms with Crippen LogP contribution in [0.5, 0.6) is 0 Å². The summed E-state index contributed by atoms with van der Waals surface area (Å²) in [6, 6.07) is 1.37. The molecule has 1 saturated carbocycles. The van der Waals surface area contributed by atoms with Crippen LogP contribution < -0.4 is 5.32 Å². The molecule has 1 heterocycles. The Morgan fingerprint density at radius 1 is 1.60 bits per heavy atom. The number of anilines is 1. The van der Waals surface area contributed by atoms with Crippen LogP contribution in [0.15, 0.2) is 16.7 Å². The molecule has 20 heavy (non-hydrogen) atoms. The maximum absolute atomic E-state index is 11.1. The van der Waals surface area contributed by atoms with Gasteiger partial charge in [0.05, 0.1) is 10.8 Å². The molecule has 0 radical (unpaired) electrons. The maximum Gasteiger partial charge on any atom is 0.312 e. The number of halogens is 1. The molecule has 0 saturated heterocycles. The molecule has 1 aromatic heterocycles. The number of rotatable bonds is 5. The first-order chi connectivity index (χ1) is 9.49. The van der Waals surface area contributed by atoms with Crippen molar-refractivity contribution < 1.29 is 14.8 Å². The predicted molar refractivity (Wildman–Crippen MR) is 75.5 cm³/mol. The molecule has 1 fully saturated rings. The topological polar surface area (TPSA) is 105 Å². The molecule has 1 aliphatic rings. The fourth-order valence-electron chi connectivity index (χ4n) is 2.54. The highest BCUT2D eigenvalue weighted by Crippen LogP contribution is 2.33. The number of carboxylic acids is 1. The second kappa shape index (κ2) is 6.17. The average Bonchev–Trinajstić information content (AvgIpc) is 2.85. The molecule has 1 aromatic rings. The summed E-state index contributed by atoms with van der Waals surface area (Å²) in [5.74, 6) is -1.02. The first kappa shape index (κ1) is 14.7. The summed E-state index contributed by atoms with van der Waals surface area (Å²) in [4.78, 5) is 25.5. The fourth-order valence-corrected chi connectivity index (χ4v) is 2.86. The molecule has 1 aliphatic carbocycles. The lowest BCUT2D eigenvalue weighted by Gasteiger charge is -2.16. The Hall–Kier alpha value is -1.70. The highest BCUT2D eigenvalue weighted by molar-refractivity contribution is 9.10. The van der Waals surface area contributed by atoms with E-state index in [0.29, 0.717) is 17.4 Å². The van der Waals surface area contributed by atoms with Crippen molar-refractivity contribution >= 4 is 33.4 Å². The van der Waals surface area contributed by atoms with E-state index in [9.17, 15) is 14.9 Å². The normalized spacial score (nSPS) is 21.6. The van der Waals surface area contributed by atoms with Crippen LogP contribution in [0, 0.1) is 22.0 Å². The number of pyridine rings is 1. The van der Waals surface area contributed by atoms with Gasteiger partial charge in [-0.15, -0.1) is 0 Å². The van der Waals surface area contributed by atoms with Crippen molar-refractivity contribution in [3.8, 4) is 0 Å². The third-order valence-electron chi connectivity index (χ3n) is 3.54. The number of aromatic nitrogens is 1. The Morgan fingerprint density at radius 3 is 3.00 bits per heavy atom. The van der Waals surface area contributed by atoms with Crippen molar-refractivity contribution in [1.82, 2.24) is 4.98 Å². The molecule has 2 rings (SSSR count). The first-order valence-electron chi connectivity index (χ1n) is 6.25. The third-order valence-corrected chi connectivity index (χ3v) is 3.97. The van der Waals surface area contributed by atoms with Gasteiger partial charge in [-0.05, 0) is 34.7 Å². The summed E-state index contributed by atoms with van der Waals surface area (Å²) in [5.41, 5.74) is -0.121. The van der Waals surface area contributed by atoms with Crippen molar-refractivity contribution in [2.75, 3.05) is 11.9 Å². The summed E-state index contributed by atoms with van der Waals surface area (Å²) in [6.45, 7) is 0.381. The minimum Gasteiger partial charge on any atom is -0.481 e. The van der Waals surface area contributed by atoms with Crippen LogP contribution in [0.1, 0.15) is 19.3 Å². The van der Waals surface area contributed by atoms with E-state index in [1.54, 1.807) is 0 Å². The van der Waals surface area contributed by atoms with Gasteiger partial charge in [0.15, 0.2) is 0 Å². The second-order valence-electron chi connectivity index (χ2n) is 4.79. The number of hydrogen-bond acceptors (Lipinski definition) is 5. The van der Waals surface area contributed by atoms with Crippen LogP contribution in [0.3, 0.4) is 0 Å². The van der Waals surface area contributed by atoms with Crippen molar-refractivity contribution in [3.05, 3.63) is 26.9 Å². The van der Waals surface area contributed by atoms with E-state index < -0.39 is 10.9 Å². The van der Waals surface area contributed by atoms with E-state index in [1.165, 1.54) is 12.3 Å². The molecule has 0 spiro atoms. The molecule has 0 aliphatic heterocycles. The van der Waals surface area contributed by atoms with Gasteiger partial charge in [0.1, 0.15) is 0 Å². The third kappa shape index (κ3) is 3.24. The van der Waals surface area contributed by atoms with E-state index in [2.05, 4.69) is 26.2 Å². The number of nitro groups is 1. The first-order valence-corrected chi connectivity index (χ1v) is 7.05. The Kier molecular flexibility index (Phi) is 4.53. The van der Waals surface area contributed by atoms with Gasteiger partial charge < -0.3 is 10.4 Å². The molecule has 0 amide bonds. The number of hydrogen-bond donors (Lipinski definition) is 2. The minimum absolute atomic E-state index is 0.0162. The molecular weight excluding hydrogens is 330 g/mol. The summed E-state index contributed by atoms with van der Waals surface area (Å²) in [6.07, 6.45) is 3.82. The standard InChI is InChI=1S/C12H14BrN3O4/c13-8-4-10(16(19)20)11(15-6-8)14-5-7-2-1-3-9(7)12(17)18/h4,6-7,9H,1-3,5H2,(H,14,15)(H,17,18). The summed E-state index contributed by atoms with van der Waals surface area (Å²) >= 11 is 3.14. The monoisotopic (exact) mass is 343 g/mol. The molecule has 2 unspecified atom stereocenters. The molecule has 0 aromatic carbocycles. The summed E-state index contributed by atoms with van der Waals surface area (Å²) < 4.78 is 0.527. The lowest BCUT2D eigenvalue weighted by atomic mass is 9.96. The van der Waals surface area contributed by atoms with Crippen LogP contribution in [-0.4, -0.2) is 27.5 Å². The van der Waals surface area contributed by atoms with Gasteiger partial charge in [-0.25, -0.2) is 4.98 Å². The number of carbonyl (C=O) groups is 1. The van der Waals surface area contributed by atoms with Gasteiger partial charge in [-0.2, -0.15) is 0 Å². The lowest BCUT2D eigenvalue weighted by Crippen LogP contribution is -2.24. The maximum atomic E-state index is 11.1. The van der Waals surface area contributed by atoms with Crippen molar-refractivity contribution in [2.24, 2.45) is 11.8 Å². The van der Waals surface area contributed by atoms with E-state index >= 15 is 0 Å². The minimum atomic E-state index is -0.799. The van der Waals surface area contributed by atoms with E-state index in [0.717, 1.165) is 12.8 Å². The van der Waals surface area contributed by atoms with Crippen LogP contribution >= 0.6 is 15.9 Å². The summed E-state index contributed by atoms with van der Waals surface area (Å²) in [7, 11) is 0. The van der Waals surface area contributed by atoms with Gasteiger partial charge >= 0.3 is 11.7 Å². The Labute approximate surface area is 123 Å². The van der Waals surface area contributed by atoms with Gasteiger partial charge in [-0.1, -0.05) is 6.42 Å². The largest absolute Gasteiger partial charge is 0.481 e. The molecule has 7 nitrogen and oxygen atoms in total. The zero-order valence-corrected chi connectivity index (χ0v) is 12.2. The van der Waals surface area contributed by atoms with Crippen molar-refractivity contribution in [1.29, 1.82) is 0 Å². The van der Waals surface area contributed by atoms with Crippen molar-refractivity contribution in [3.63, 3.8) is 0 Å². The van der Waals surface area contributed by atoms with Crippen molar-refractivity contribution in [2.45, 2.75) is 19.3 Å². The zero-order chi connectivity index (χ0) is 14.7. The van der Waals surface area contributed by atoms with E-state index in [1.807, 2.05) is 0 Å². The number of nitrogens with one attached hydrogen (secondary N) is 1. The smallest absolute Gasteiger partial charge is 0.312 e. The molecule has 2 atom stereocenters. The molecule has 0 bridgehead atoms. The van der Waals surface area contributed by atoms with Gasteiger partial charge in [-0.3, -0.25) is 14.9 Å². The van der Waals surface area contributed by atoms with Gasteiger partial charge in [0.2, 0.25) is 5.82 Å². The molecule has 2 N–H and O–H groups in total. The van der Waals surface area contributed by atoms with Crippen LogP contribution in [-0.2, 0) is 4.79 Å². The molecule has 108 valence electrons. The zero-order valence-electron chi connectivity index (χ0n) is 10.6. The van der Waals surface area contributed by atoms with Crippen LogP contribution in [0.25, 0.3) is 0 Å². The predicted octanol–water partition coefficient (Wildman–Crippen LogP) is 2.67. The second-order valence-corrected chi connectivity index (χ2v) is 5.71. The number of aliphatic carboxylic acids is 1. The highest BCUT2D eigenvalue weighted by Gasteiger charge is 2.33. The van der Waals surface area contributed by atoms with Gasteiger partial charge in [0, 0.05) is 23.3 Å². The van der Waals surface area contributed by atoms with Crippen LogP contribution in [0.2, 0.25) is 0 Å². The Balaban J connectivity index is 2.07. The fraction of sp³-hybridized carbons (Fsp3) is 0.500. The van der Waals surface area contributed by atoms with E-state index in [4.69, 9.17) is 5.11 Å². The molecular formula is C12H14BrN3O4. The quantitative estimate of drug-likeness (QED) is 0.628. The Bertz CT molecular complexity index is 537. The van der Waals surface area contributed by atoms with Gasteiger partial charge in [0.25, 0.3) is 0 Å². The number of carboxylic acid groups (broad SMARTS) is 1. The van der Waals surface area contributed by atoms with E-state index in [-0.39, 0.29) is 23.3 Å². The highest BCUT2D eigenvalue weighted by atomic mass is 79.9. The summed E-state index contributed by atoms with van der Waals surface area (Å²) in [5, 5.41) is 23.0. The Morgan fingerprint density at radius 2 is 2.35 bits per heavy atom. The number of nitrogens with zero attached hydrogens (tertiary/aromatic N) is 2. The average molecular weight is 344 g/mol. The molecule has 8 heteroatoms. The van der Waals surface area contributed by atoms with Crippen LogP contribution in [0.4, 0.5) is 11.5 Å².